The van der Waals surface area contributed by atoms with E-state index in [0.29, 0.717) is 30.2 Å². The van der Waals surface area contributed by atoms with Crippen LogP contribution in [0.15, 0.2) is 72.8 Å². The van der Waals surface area contributed by atoms with Crippen molar-refractivity contribution in [1.82, 2.24) is 14.7 Å². The Balaban J connectivity index is 1.62. The molecule has 1 atom stereocenters. The Morgan fingerprint density at radius 3 is 2.50 bits per heavy atom. The van der Waals surface area contributed by atoms with Gasteiger partial charge in [-0.3, -0.25) is 14.5 Å². The first-order valence-electron chi connectivity index (χ1n) is 13.3. The predicted molar refractivity (Wildman–Crippen MR) is 153 cm³/mol. The number of halogens is 2. The van der Waals surface area contributed by atoms with Crippen molar-refractivity contribution in [3.8, 4) is 16.9 Å². The molecule has 0 N–H and O–H groups in total. The maximum absolute atomic E-state index is 15.3. The van der Waals surface area contributed by atoms with Crippen LogP contribution >= 0.6 is 11.8 Å². The first-order valence-corrected chi connectivity index (χ1v) is 14.4. The summed E-state index contributed by atoms with van der Waals surface area (Å²) in [5.41, 5.74) is 3.95. The number of nitrogens with zero attached hydrogens (tertiary/aromatic N) is 4. The SMILES string of the molecule is Cc1cccc(-n2nc(-c3ccccc3)c3c2N(CC(=O)N2CCCC2)C(=O)CSC3c2ccc(F)cc2F)c1. The maximum atomic E-state index is 15.3. The van der Waals surface area contributed by atoms with Crippen LogP contribution in [0.1, 0.15) is 34.8 Å². The molecule has 0 spiro atoms. The third-order valence-corrected chi connectivity index (χ3v) is 8.62. The van der Waals surface area contributed by atoms with E-state index in [4.69, 9.17) is 5.10 Å². The summed E-state index contributed by atoms with van der Waals surface area (Å²) in [6.07, 6.45) is 1.87. The number of benzene rings is 3. The summed E-state index contributed by atoms with van der Waals surface area (Å²) >= 11 is 1.26. The molecule has 0 radical (unpaired) electrons. The van der Waals surface area contributed by atoms with Gasteiger partial charge in [0.2, 0.25) is 11.8 Å². The molecule has 0 bridgehead atoms. The molecule has 6 nitrogen and oxygen atoms in total. The molecule has 1 aromatic heterocycles. The van der Waals surface area contributed by atoms with E-state index in [0.717, 1.165) is 35.7 Å². The molecular weight excluding hydrogens is 530 g/mol. The zero-order chi connectivity index (χ0) is 27.8. The number of anilines is 1. The Bertz CT molecular complexity index is 1580. The summed E-state index contributed by atoms with van der Waals surface area (Å²) in [4.78, 5) is 30.5. The lowest BCUT2D eigenvalue weighted by Gasteiger charge is -2.25. The monoisotopic (exact) mass is 558 g/mol. The van der Waals surface area contributed by atoms with Crippen molar-refractivity contribution in [1.29, 1.82) is 0 Å². The van der Waals surface area contributed by atoms with Gasteiger partial charge in [-0.15, -0.1) is 11.8 Å². The molecule has 2 amide bonds. The molecule has 3 aromatic carbocycles. The Morgan fingerprint density at radius 1 is 1.00 bits per heavy atom. The van der Waals surface area contributed by atoms with E-state index in [1.807, 2.05) is 61.5 Å². The van der Waals surface area contributed by atoms with Crippen molar-refractivity contribution in [2.45, 2.75) is 25.0 Å². The molecule has 1 unspecified atom stereocenters. The van der Waals surface area contributed by atoms with E-state index in [2.05, 4.69) is 0 Å². The number of carbonyl (C=O) groups is 2. The molecule has 6 rings (SSSR count). The van der Waals surface area contributed by atoms with E-state index in [1.165, 1.54) is 28.8 Å². The lowest BCUT2D eigenvalue weighted by molar-refractivity contribution is -0.130. The van der Waals surface area contributed by atoms with E-state index >= 15 is 4.39 Å². The minimum Gasteiger partial charge on any atom is -0.341 e. The lowest BCUT2D eigenvalue weighted by atomic mass is 9.99. The van der Waals surface area contributed by atoms with Crippen LogP contribution in [-0.2, 0) is 9.59 Å². The third-order valence-electron chi connectivity index (χ3n) is 7.38. The molecule has 2 aliphatic rings. The third kappa shape index (κ3) is 4.90. The highest BCUT2D eigenvalue weighted by molar-refractivity contribution is 8.00. The van der Waals surface area contributed by atoms with Crippen molar-refractivity contribution in [3.05, 3.63) is 101 Å². The maximum Gasteiger partial charge on any atom is 0.242 e. The van der Waals surface area contributed by atoms with Crippen LogP contribution in [0, 0.1) is 18.6 Å². The lowest BCUT2D eigenvalue weighted by Crippen LogP contribution is -2.43. The first-order chi connectivity index (χ1) is 19.4. The number of thioether (sulfide) groups is 1. The van der Waals surface area contributed by atoms with Gasteiger partial charge in [-0.1, -0.05) is 48.5 Å². The minimum atomic E-state index is -0.695. The number of carbonyl (C=O) groups excluding carboxylic acids is 2. The highest BCUT2D eigenvalue weighted by atomic mass is 32.2. The zero-order valence-corrected chi connectivity index (χ0v) is 22.8. The summed E-state index contributed by atoms with van der Waals surface area (Å²) in [5.74, 6) is -1.32. The van der Waals surface area contributed by atoms with Crippen molar-refractivity contribution in [3.63, 3.8) is 0 Å². The fourth-order valence-corrected chi connectivity index (χ4v) is 6.65. The Morgan fingerprint density at radius 2 is 1.77 bits per heavy atom. The molecule has 0 saturated carbocycles. The van der Waals surface area contributed by atoms with Gasteiger partial charge in [-0.05, 0) is 43.5 Å². The Kier molecular flexibility index (Phi) is 7.14. The highest BCUT2D eigenvalue weighted by Gasteiger charge is 2.39. The number of amides is 2. The first kappa shape index (κ1) is 26.3. The van der Waals surface area contributed by atoms with Gasteiger partial charge in [0, 0.05) is 35.8 Å². The van der Waals surface area contributed by atoms with Crippen LogP contribution in [0.4, 0.5) is 14.6 Å². The molecule has 9 heteroatoms. The van der Waals surface area contributed by atoms with E-state index < -0.39 is 16.9 Å². The van der Waals surface area contributed by atoms with Crippen LogP contribution in [0.5, 0.6) is 0 Å². The molecule has 0 aliphatic carbocycles. The summed E-state index contributed by atoms with van der Waals surface area (Å²) in [5, 5.41) is 4.35. The van der Waals surface area contributed by atoms with E-state index in [9.17, 15) is 14.0 Å². The van der Waals surface area contributed by atoms with Gasteiger partial charge in [0.05, 0.1) is 22.4 Å². The Labute approximate surface area is 235 Å². The number of fused-ring (bicyclic) bond motifs is 1. The fraction of sp³-hybridized carbons (Fsp3) is 0.258. The number of rotatable bonds is 5. The molecule has 2 aliphatic heterocycles. The average molecular weight is 559 g/mol. The standard InChI is InChI=1S/C31H28F2N4O2S/c1-20-8-7-11-23(16-20)37-31-28(29(34-37)21-9-3-2-4-10-21)30(24-13-12-22(32)17-25(24)33)40-19-27(39)36(31)18-26(38)35-14-5-6-15-35/h2-4,7-13,16-17,30H,5-6,14-15,18-19H2,1H3. The summed E-state index contributed by atoms with van der Waals surface area (Å²) in [6, 6.07) is 20.8. The summed E-state index contributed by atoms with van der Waals surface area (Å²) in [7, 11) is 0. The number of aryl methyl sites for hydroxylation is 1. The van der Waals surface area contributed by atoms with Gasteiger partial charge in [0.1, 0.15) is 24.0 Å². The number of likely N-dealkylation sites (tertiary alicyclic amines) is 1. The van der Waals surface area contributed by atoms with Crippen LogP contribution in [0.3, 0.4) is 0 Å². The second kappa shape index (κ2) is 10.9. The molecule has 3 heterocycles. The van der Waals surface area contributed by atoms with Gasteiger partial charge in [-0.2, -0.15) is 5.10 Å². The van der Waals surface area contributed by atoms with Gasteiger partial charge in [-0.25, -0.2) is 13.5 Å². The van der Waals surface area contributed by atoms with Crippen LogP contribution in [0.25, 0.3) is 16.9 Å². The van der Waals surface area contributed by atoms with Gasteiger partial charge in [0.15, 0.2) is 0 Å². The van der Waals surface area contributed by atoms with Crippen LogP contribution in [0.2, 0.25) is 0 Å². The fourth-order valence-electron chi connectivity index (χ4n) is 5.43. The molecule has 40 heavy (non-hydrogen) atoms. The number of aromatic nitrogens is 2. The normalized spacial score (nSPS) is 17.2. The highest BCUT2D eigenvalue weighted by Crippen LogP contribution is 2.49. The molecular formula is C31H28F2N4O2S. The van der Waals surface area contributed by atoms with E-state index in [1.54, 1.807) is 9.58 Å². The van der Waals surface area contributed by atoms with Gasteiger partial charge in [0.25, 0.3) is 0 Å². The quantitative estimate of drug-likeness (QED) is 0.305. The summed E-state index contributed by atoms with van der Waals surface area (Å²) in [6.45, 7) is 3.16. The molecule has 4 aromatic rings. The Hall–Kier alpha value is -3.98. The van der Waals surface area contributed by atoms with Crippen molar-refractivity contribution < 1.29 is 18.4 Å². The van der Waals surface area contributed by atoms with Crippen molar-refractivity contribution in [2.75, 3.05) is 30.3 Å². The van der Waals surface area contributed by atoms with Crippen molar-refractivity contribution >= 4 is 29.4 Å². The smallest absolute Gasteiger partial charge is 0.242 e. The summed E-state index contributed by atoms with van der Waals surface area (Å²) < 4.78 is 31.0. The second-order valence-corrected chi connectivity index (χ2v) is 11.2. The predicted octanol–water partition coefficient (Wildman–Crippen LogP) is 5.92. The molecule has 1 fully saturated rings. The zero-order valence-electron chi connectivity index (χ0n) is 22.0. The number of hydrogen-bond donors (Lipinski definition) is 0. The second-order valence-electron chi connectivity index (χ2n) is 10.1. The topological polar surface area (TPSA) is 58.4 Å². The van der Waals surface area contributed by atoms with E-state index in [-0.39, 0.29) is 29.7 Å². The number of hydrogen-bond acceptors (Lipinski definition) is 4. The minimum absolute atomic E-state index is 0.0193. The van der Waals surface area contributed by atoms with Crippen LogP contribution < -0.4 is 4.90 Å². The molecule has 1 saturated heterocycles. The van der Waals surface area contributed by atoms with Gasteiger partial charge >= 0.3 is 0 Å². The van der Waals surface area contributed by atoms with Crippen molar-refractivity contribution in [2.24, 2.45) is 0 Å². The van der Waals surface area contributed by atoms with Gasteiger partial charge < -0.3 is 4.90 Å². The van der Waals surface area contributed by atoms with Crippen LogP contribution in [-0.4, -0.2) is 51.9 Å². The molecule has 204 valence electrons. The average Bonchev–Trinajstić information content (AvgIpc) is 3.60. The largest absolute Gasteiger partial charge is 0.341 e.